The van der Waals surface area contributed by atoms with Crippen LogP contribution in [0.25, 0.3) is 0 Å². The molecule has 0 aromatic carbocycles. The van der Waals surface area contributed by atoms with E-state index in [2.05, 4.69) is 10.5 Å². The molecule has 0 saturated carbocycles. The van der Waals surface area contributed by atoms with Crippen LogP contribution < -0.4 is 5.32 Å². The van der Waals surface area contributed by atoms with Crippen LogP contribution >= 0.6 is 0 Å². The summed E-state index contributed by atoms with van der Waals surface area (Å²) in [5.41, 5.74) is -0.201. The number of amides is 1. The van der Waals surface area contributed by atoms with E-state index in [0.717, 1.165) is 0 Å². The molecule has 6 heteroatoms. The molecule has 0 bridgehead atoms. The van der Waals surface area contributed by atoms with E-state index in [-0.39, 0.29) is 11.3 Å². The third kappa shape index (κ3) is 3.51. The highest BCUT2D eigenvalue weighted by Gasteiger charge is 2.34. The second kappa shape index (κ2) is 5.71. The molecule has 0 aliphatic heterocycles. The minimum absolute atomic E-state index is 0.201. The molecular formula is C15H20N2O4. The van der Waals surface area contributed by atoms with Gasteiger partial charge in [0.2, 0.25) is 5.91 Å². The molecule has 6 nitrogen and oxygen atoms in total. The highest BCUT2D eigenvalue weighted by Crippen LogP contribution is 2.28. The minimum atomic E-state index is -0.949. The van der Waals surface area contributed by atoms with Crippen molar-refractivity contribution in [2.45, 2.75) is 39.0 Å². The Morgan fingerprint density at radius 3 is 2.43 bits per heavy atom. The molecule has 1 amide bonds. The first-order valence-corrected chi connectivity index (χ1v) is 6.95. The van der Waals surface area contributed by atoms with E-state index in [0.29, 0.717) is 24.4 Å². The molecule has 21 heavy (non-hydrogen) atoms. The molecule has 0 unspecified atom stereocenters. The zero-order chi connectivity index (χ0) is 15.6. The molecule has 1 aromatic rings. The predicted molar refractivity (Wildman–Crippen MR) is 76.8 cm³/mol. The van der Waals surface area contributed by atoms with E-state index >= 15 is 0 Å². The highest BCUT2D eigenvalue weighted by atomic mass is 16.5. The van der Waals surface area contributed by atoms with Crippen molar-refractivity contribution < 1.29 is 19.2 Å². The lowest BCUT2D eigenvalue weighted by atomic mass is 9.82. The molecule has 1 aromatic heterocycles. The van der Waals surface area contributed by atoms with Crippen LogP contribution in [0, 0.1) is 11.8 Å². The number of hydrogen-bond acceptors (Lipinski definition) is 4. The Bertz CT molecular complexity index is 568. The molecule has 0 saturated heterocycles. The van der Waals surface area contributed by atoms with Gasteiger partial charge in [-0.25, -0.2) is 0 Å². The van der Waals surface area contributed by atoms with Gasteiger partial charge < -0.3 is 14.9 Å². The number of carboxylic acids is 1. The maximum Gasteiger partial charge on any atom is 0.307 e. The number of allylic oxidation sites excluding steroid dienone is 2. The normalized spacial score (nSPS) is 22.0. The van der Waals surface area contributed by atoms with Crippen molar-refractivity contribution in [3.05, 3.63) is 24.0 Å². The third-order valence-electron chi connectivity index (χ3n) is 3.59. The molecule has 1 aliphatic carbocycles. The van der Waals surface area contributed by atoms with Crippen molar-refractivity contribution in [1.82, 2.24) is 5.16 Å². The fourth-order valence-corrected chi connectivity index (χ4v) is 2.28. The number of carbonyl (C=O) groups is 2. The first-order valence-electron chi connectivity index (χ1n) is 6.95. The van der Waals surface area contributed by atoms with Gasteiger partial charge in [0.15, 0.2) is 5.82 Å². The number of anilines is 1. The number of hydrogen-bond donors (Lipinski definition) is 2. The number of aromatic nitrogens is 1. The fraction of sp³-hybridized carbons (Fsp3) is 0.533. The van der Waals surface area contributed by atoms with E-state index in [1.807, 2.05) is 26.8 Å². The summed E-state index contributed by atoms with van der Waals surface area (Å²) in [5.74, 6) is -1.57. The number of nitrogens with one attached hydrogen (secondary N) is 1. The van der Waals surface area contributed by atoms with E-state index in [1.165, 1.54) is 0 Å². The number of nitrogens with zero attached hydrogens (tertiary/aromatic N) is 1. The van der Waals surface area contributed by atoms with Gasteiger partial charge in [-0.3, -0.25) is 9.59 Å². The first kappa shape index (κ1) is 15.3. The predicted octanol–water partition coefficient (Wildman–Crippen LogP) is 2.58. The van der Waals surface area contributed by atoms with Gasteiger partial charge in [-0.2, -0.15) is 0 Å². The zero-order valence-corrected chi connectivity index (χ0v) is 12.4. The van der Waals surface area contributed by atoms with E-state index in [1.54, 1.807) is 12.1 Å². The van der Waals surface area contributed by atoms with Crippen LogP contribution in [0.15, 0.2) is 22.7 Å². The summed E-state index contributed by atoms with van der Waals surface area (Å²) in [4.78, 5) is 23.5. The van der Waals surface area contributed by atoms with Crippen molar-refractivity contribution >= 4 is 17.7 Å². The number of rotatable bonds is 3. The van der Waals surface area contributed by atoms with Gasteiger partial charge in [0.25, 0.3) is 0 Å². The zero-order valence-electron chi connectivity index (χ0n) is 12.4. The van der Waals surface area contributed by atoms with Crippen molar-refractivity contribution in [3.8, 4) is 0 Å². The highest BCUT2D eigenvalue weighted by molar-refractivity contribution is 5.94. The van der Waals surface area contributed by atoms with Crippen molar-refractivity contribution in [1.29, 1.82) is 0 Å². The van der Waals surface area contributed by atoms with Crippen LogP contribution in [-0.4, -0.2) is 22.1 Å². The lowest BCUT2D eigenvalue weighted by Crippen LogP contribution is -2.34. The van der Waals surface area contributed by atoms with Gasteiger partial charge in [0.1, 0.15) is 5.76 Å². The molecule has 114 valence electrons. The Morgan fingerprint density at radius 2 is 1.90 bits per heavy atom. The lowest BCUT2D eigenvalue weighted by molar-refractivity contribution is -0.146. The minimum Gasteiger partial charge on any atom is -0.481 e. The van der Waals surface area contributed by atoms with E-state index < -0.39 is 17.8 Å². The van der Waals surface area contributed by atoms with Gasteiger partial charge in [-0.1, -0.05) is 38.1 Å². The third-order valence-corrected chi connectivity index (χ3v) is 3.59. The maximum atomic E-state index is 12.3. The SMILES string of the molecule is CC(C)(C)c1cc(NC(=O)[C@@H]2CC=CC[C@@H]2C(=O)O)no1. The van der Waals surface area contributed by atoms with Crippen LogP contribution in [-0.2, 0) is 15.0 Å². The van der Waals surface area contributed by atoms with Gasteiger partial charge in [-0.05, 0) is 12.8 Å². The number of carboxylic acid groups (broad SMARTS) is 1. The molecule has 1 heterocycles. The average molecular weight is 292 g/mol. The molecule has 0 spiro atoms. The lowest BCUT2D eigenvalue weighted by Gasteiger charge is -2.23. The molecule has 0 radical (unpaired) electrons. The van der Waals surface area contributed by atoms with Crippen LogP contribution in [0.4, 0.5) is 5.82 Å². The summed E-state index contributed by atoms with van der Waals surface area (Å²) in [5, 5.41) is 15.6. The monoisotopic (exact) mass is 292 g/mol. The Hall–Kier alpha value is -2.11. The van der Waals surface area contributed by atoms with Gasteiger partial charge in [0, 0.05) is 11.5 Å². The summed E-state index contributed by atoms with van der Waals surface area (Å²) < 4.78 is 5.20. The maximum absolute atomic E-state index is 12.3. The summed E-state index contributed by atoms with van der Waals surface area (Å²) >= 11 is 0. The van der Waals surface area contributed by atoms with Crippen molar-refractivity contribution in [2.24, 2.45) is 11.8 Å². The molecule has 2 N–H and O–H groups in total. The summed E-state index contributed by atoms with van der Waals surface area (Å²) in [6.07, 6.45) is 4.44. The van der Waals surface area contributed by atoms with Crippen LogP contribution in [0.3, 0.4) is 0 Å². The topological polar surface area (TPSA) is 92.4 Å². The van der Waals surface area contributed by atoms with Crippen LogP contribution in [0.1, 0.15) is 39.4 Å². The van der Waals surface area contributed by atoms with Gasteiger partial charge >= 0.3 is 5.97 Å². The number of carbonyl (C=O) groups excluding carboxylic acids is 1. The number of aliphatic carboxylic acids is 1. The molecular weight excluding hydrogens is 272 g/mol. The Labute approximate surface area is 123 Å². The molecule has 2 atom stereocenters. The quantitative estimate of drug-likeness (QED) is 0.835. The Balaban J connectivity index is 2.08. The van der Waals surface area contributed by atoms with Crippen LogP contribution in [0.5, 0.6) is 0 Å². The standard InChI is InChI=1S/C15H20N2O4/c1-15(2,3)11-8-12(17-21-11)16-13(18)9-6-4-5-7-10(9)14(19)20/h4-5,8-10H,6-7H2,1-3H3,(H,19,20)(H,16,17,18)/t9-,10+/m1/s1. The Morgan fingerprint density at radius 1 is 1.29 bits per heavy atom. The molecule has 1 aliphatic rings. The largest absolute Gasteiger partial charge is 0.481 e. The first-order chi connectivity index (χ1) is 9.79. The van der Waals surface area contributed by atoms with Crippen LogP contribution in [0.2, 0.25) is 0 Å². The van der Waals surface area contributed by atoms with Crippen molar-refractivity contribution in [3.63, 3.8) is 0 Å². The average Bonchev–Trinajstić information content (AvgIpc) is 2.87. The van der Waals surface area contributed by atoms with Crippen molar-refractivity contribution in [2.75, 3.05) is 5.32 Å². The fourth-order valence-electron chi connectivity index (χ4n) is 2.28. The van der Waals surface area contributed by atoms with Gasteiger partial charge in [-0.15, -0.1) is 0 Å². The summed E-state index contributed by atoms with van der Waals surface area (Å²) in [6.45, 7) is 5.93. The van der Waals surface area contributed by atoms with Gasteiger partial charge in [0.05, 0.1) is 11.8 Å². The Kier molecular flexibility index (Phi) is 4.16. The molecule has 0 fully saturated rings. The molecule has 2 rings (SSSR count). The van der Waals surface area contributed by atoms with E-state index in [4.69, 9.17) is 4.52 Å². The summed E-state index contributed by atoms with van der Waals surface area (Å²) in [6, 6.07) is 1.67. The van der Waals surface area contributed by atoms with E-state index in [9.17, 15) is 14.7 Å². The summed E-state index contributed by atoms with van der Waals surface area (Å²) in [7, 11) is 0. The second-order valence-electron chi connectivity index (χ2n) is 6.31. The smallest absolute Gasteiger partial charge is 0.307 e. The second-order valence-corrected chi connectivity index (χ2v) is 6.31.